The molecule has 3 N–H and O–H groups in total. The van der Waals surface area contributed by atoms with Crippen LogP contribution in [0.4, 0.5) is 11.4 Å². The van der Waals surface area contributed by atoms with Crippen LogP contribution in [0.25, 0.3) is 11.1 Å². The zero-order valence-corrected chi connectivity index (χ0v) is 21.9. The maximum Gasteiger partial charge on any atom is 0.302 e. The first-order valence-electron chi connectivity index (χ1n) is 12.7. The van der Waals surface area contributed by atoms with Gasteiger partial charge in [0.1, 0.15) is 19.8 Å². The molecule has 10 nitrogen and oxygen atoms in total. The molecule has 2 aromatic carbocycles. The van der Waals surface area contributed by atoms with Gasteiger partial charge in [0, 0.05) is 57.8 Å². The second-order valence-corrected chi connectivity index (χ2v) is 8.94. The van der Waals surface area contributed by atoms with E-state index in [2.05, 4.69) is 10.6 Å². The lowest BCUT2D eigenvalue weighted by Gasteiger charge is -2.15. The molecule has 0 saturated carbocycles. The van der Waals surface area contributed by atoms with Crippen molar-refractivity contribution in [2.45, 2.75) is 32.1 Å². The molecule has 1 aliphatic carbocycles. The fourth-order valence-corrected chi connectivity index (χ4v) is 4.24. The molecule has 0 aliphatic heterocycles. The number of esters is 1. The Morgan fingerprint density at radius 1 is 0.816 bits per heavy atom. The minimum absolute atomic E-state index is 0.0634. The number of methoxy groups -OCH3 is 1. The van der Waals surface area contributed by atoms with Crippen LogP contribution in [-0.4, -0.2) is 76.2 Å². The molecule has 0 spiro atoms. The summed E-state index contributed by atoms with van der Waals surface area (Å²) in [7, 11) is 1.61. The quantitative estimate of drug-likeness (QED) is 0.224. The summed E-state index contributed by atoms with van der Waals surface area (Å²) in [5.41, 5.74) is 4.98. The molecule has 38 heavy (non-hydrogen) atoms. The van der Waals surface area contributed by atoms with Crippen molar-refractivity contribution >= 4 is 29.2 Å². The van der Waals surface area contributed by atoms with Gasteiger partial charge in [0.05, 0.1) is 0 Å². The summed E-state index contributed by atoms with van der Waals surface area (Å²) in [4.78, 5) is 36.3. The lowest BCUT2D eigenvalue weighted by Crippen LogP contribution is -2.19. The van der Waals surface area contributed by atoms with E-state index in [4.69, 9.17) is 24.1 Å². The summed E-state index contributed by atoms with van der Waals surface area (Å²) in [6.07, 6.45) is 2.02. The Bertz CT molecular complexity index is 1030. The smallest absolute Gasteiger partial charge is 0.302 e. The number of benzene rings is 2. The summed E-state index contributed by atoms with van der Waals surface area (Å²) >= 11 is 0. The highest BCUT2D eigenvalue weighted by molar-refractivity contribution is 5.94. The highest BCUT2D eigenvalue weighted by atomic mass is 16.5. The molecule has 1 atom stereocenters. The zero-order valence-electron chi connectivity index (χ0n) is 21.9. The Morgan fingerprint density at radius 2 is 1.37 bits per heavy atom. The molecule has 0 fully saturated rings. The largest absolute Gasteiger partial charge is 0.465 e. The Hall–Kier alpha value is -3.31. The number of amides is 2. The number of hydrogen-bond acceptors (Lipinski definition) is 8. The molecule has 2 amide bonds. The van der Waals surface area contributed by atoms with Crippen LogP contribution in [0.15, 0.2) is 36.4 Å². The van der Waals surface area contributed by atoms with Gasteiger partial charge in [0.15, 0.2) is 0 Å². The van der Waals surface area contributed by atoms with Gasteiger partial charge in [-0.05, 0) is 65.8 Å². The van der Waals surface area contributed by atoms with Crippen molar-refractivity contribution in [3.63, 3.8) is 0 Å². The normalized spacial score (nSPS) is 13.5. The summed E-state index contributed by atoms with van der Waals surface area (Å²) in [6, 6.07) is 11.2. The molecule has 0 saturated heterocycles. The minimum Gasteiger partial charge on any atom is -0.465 e. The number of rotatable bonds is 16. The molecule has 1 aliphatic rings. The molecule has 1 unspecified atom stereocenters. The van der Waals surface area contributed by atoms with Crippen molar-refractivity contribution in [3.8, 4) is 11.1 Å². The third kappa shape index (κ3) is 8.63. The van der Waals surface area contributed by atoms with Crippen molar-refractivity contribution in [2.75, 3.05) is 64.0 Å². The summed E-state index contributed by atoms with van der Waals surface area (Å²) in [6.45, 7) is 2.83. The SMILES string of the molecule is COCCCOCC(=O)Nc1ccc2c(c1)C(COC(C)=O)c1cc(NC(=O)COCCCCO)ccc1-2. The summed E-state index contributed by atoms with van der Waals surface area (Å²) < 4.78 is 21.1. The van der Waals surface area contributed by atoms with Crippen LogP contribution in [0, 0.1) is 0 Å². The van der Waals surface area contributed by atoms with Crippen LogP contribution in [-0.2, 0) is 33.3 Å². The number of unbranched alkanes of at least 4 members (excludes halogenated alkanes) is 1. The standard InChI is InChI=1S/C28H36N2O8/c1-19(32)38-16-26-24-14-20(29-27(33)17-36-12-4-3-10-31)6-8-22(24)23-9-7-21(15-25(23)26)30-28(34)18-37-13-5-11-35-2/h6-9,14-15,26,31H,3-5,10-13,16-18H2,1-2H3,(H,29,33)(H,30,34). The van der Waals surface area contributed by atoms with Crippen molar-refractivity contribution in [1.82, 2.24) is 0 Å². The molecule has 206 valence electrons. The average Bonchev–Trinajstić information content (AvgIpc) is 3.19. The fourth-order valence-electron chi connectivity index (χ4n) is 4.24. The first-order valence-corrected chi connectivity index (χ1v) is 12.7. The highest BCUT2D eigenvalue weighted by Crippen LogP contribution is 2.46. The van der Waals surface area contributed by atoms with E-state index in [0.717, 1.165) is 22.3 Å². The van der Waals surface area contributed by atoms with Crippen LogP contribution in [0.1, 0.15) is 43.2 Å². The van der Waals surface area contributed by atoms with Gasteiger partial charge in [0.25, 0.3) is 0 Å². The van der Waals surface area contributed by atoms with E-state index in [-0.39, 0.29) is 44.2 Å². The van der Waals surface area contributed by atoms with Crippen molar-refractivity contribution < 1.29 is 38.4 Å². The Kier molecular flexibility index (Phi) is 11.7. The van der Waals surface area contributed by atoms with Crippen LogP contribution >= 0.6 is 0 Å². The second-order valence-electron chi connectivity index (χ2n) is 8.94. The van der Waals surface area contributed by atoms with E-state index in [9.17, 15) is 14.4 Å². The van der Waals surface area contributed by atoms with Crippen LogP contribution in [0.5, 0.6) is 0 Å². The van der Waals surface area contributed by atoms with Gasteiger partial charge in [-0.2, -0.15) is 0 Å². The van der Waals surface area contributed by atoms with Gasteiger partial charge in [-0.3, -0.25) is 14.4 Å². The highest BCUT2D eigenvalue weighted by Gasteiger charge is 2.30. The molecule has 0 aromatic heterocycles. The Morgan fingerprint density at radius 3 is 1.87 bits per heavy atom. The first kappa shape index (κ1) is 29.2. The third-order valence-corrected chi connectivity index (χ3v) is 5.97. The minimum atomic E-state index is -0.391. The lowest BCUT2D eigenvalue weighted by atomic mass is 9.97. The number of ether oxygens (including phenoxy) is 4. The Balaban J connectivity index is 1.70. The number of nitrogens with one attached hydrogen (secondary N) is 2. The molecule has 3 rings (SSSR count). The predicted octanol–water partition coefficient (Wildman–Crippen LogP) is 3.08. The predicted molar refractivity (Wildman–Crippen MR) is 142 cm³/mol. The van der Waals surface area contributed by atoms with Crippen molar-refractivity contribution in [2.24, 2.45) is 0 Å². The monoisotopic (exact) mass is 528 g/mol. The molecular weight excluding hydrogens is 492 g/mol. The summed E-state index contributed by atoms with van der Waals surface area (Å²) in [5.74, 6) is -1.20. The van der Waals surface area contributed by atoms with Gasteiger partial charge < -0.3 is 34.7 Å². The summed E-state index contributed by atoms with van der Waals surface area (Å²) in [5, 5.41) is 14.5. The van der Waals surface area contributed by atoms with Crippen molar-refractivity contribution in [1.29, 1.82) is 0 Å². The number of carbonyl (C=O) groups is 3. The van der Waals surface area contributed by atoms with Gasteiger partial charge in [-0.1, -0.05) is 12.1 Å². The second kappa shape index (κ2) is 15.2. The first-order chi connectivity index (χ1) is 18.4. The van der Waals surface area contributed by atoms with E-state index >= 15 is 0 Å². The topological polar surface area (TPSA) is 132 Å². The van der Waals surface area contributed by atoms with E-state index in [0.29, 0.717) is 50.5 Å². The van der Waals surface area contributed by atoms with E-state index in [1.807, 2.05) is 36.4 Å². The number of anilines is 2. The molecule has 0 radical (unpaired) electrons. The van der Waals surface area contributed by atoms with Crippen molar-refractivity contribution in [3.05, 3.63) is 47.5 Å². The van der Waals surface area contributed by atoms with E-state index in [1.165, 1.54) is 6.92 Å². The van der Waals surface area contributed by atoms with Gasteiger partial charge >= 0.3 is 5.97 Å². The Labute approximate surface area is 222 Å². The van der Waals surface area contributed by atoms with Crippen LogP contribution in [0.3, 0.4) is 0 Å². The number of aliphatic hydroxyl groups excluding tert-OH is 1. The third-order valence-electron chi connectivity index (χ3n) is 5.97. The maximum absolute atomic E-state index is 12.3. The number of carbonyl (C=O) groups excluding carboxylic acids is 3. The lowest BCUT2D eigenvalue weighted by molar-refractivity contribution is -0.141. The number of hydrogen-bond donors (Lipinski definition) is 3. The van der Waals surface area contributed by atoms with Gasteiger partial charge in [0.2, 0.25) is 11.8 Å². The zero-order chi connectivity index (χ0) is 27.3. The van der Waals surface area contributed by atoms with Crippen LogP contribution in [0.2, 0.25) is 0 Å². The van der Waals surface area contributed by atoms with Gasteiger partial charge in [-0.15, -0.1) is 0 Å². The number of aliphatic hydroxyl groups is 1. The molecule has 10 heteroatoms. The molecular formula is C28H36N2O8. The van der Waals surface area contributed by atoms with Crippen LogP contribution < -0.4 is 10.6 Å². The molecule has 0 heterocycles. The van der Waals surface area contributed by atoms with Gasteiger partial charge in [-0.25, -0.2) is 0 Å². The molecule has 2 aromatic rings. The fraction of sp³-hybridized carbons (Fsp3) is 0.464. The maximum atomic E-state index is 12.3. The molecule has 0 bridgehead atoms. The van der Waals surface area contributed by atoms with E-state index in [1.54, 1.807) is 7.11 Å². The average molecular weight is 529 g/mol. The van der Waals surface area contributed by atoms with E-state index < -0.39 is 5.97 Å². The number of fused-ring (bicyclic) bond motifs is 3.